The molecule has 0 saturated heterocycles. The molecule has 0 aliphatic rings. The average molecular weight is 303 g/mol. The standard InChI is InChI=1S/C18H13N3O2/c22-18(23)17-11-15(20-12-21-17)8-7-13-4-3-5-14(10-13)16-6-1-2-9-19-16/h1-12H,(H,22,23)/b8-7+. The quantitative estimate of drug-likeness (QED) is 0.799. The van der Waals surface area contributed by atoms with E-state index in [1.807, 2.05) is 48.5 Å². The van der Waals surface area contributed by atoms with Crippen molar-refractivity contribution in [3.63, 3.8) is 0 Å². The summed E-state index contributed by atoms with van der Waals surface area (Å²) in [6.45, 7) is 0. The molecule has 0 fully saturated rings. The molecule has 0 aliphatic heterocycles. The van der Waals surface area contributed by atoms with Gasteiger partial charge in [-0.2, -0.15) is 0 Å². The monoisotopic (exact) mass is 303 g/mol. The van der Waals surface area contributed by atoms with Gasteiger partial charge in [-0.25, -0.2) is 14.8 Å². The number of pyridine rings is 1. The lowest BCUT2D eigenvalue weighted by molar-refractivity contribution is 0.0690. The van der Waals surface area contributed by atoms with Crippen LogP contribution in [0, 0.1) is 0 Å². The first kappa shape index (κ1) is 14.6. The van der Waals surface area contributed by atoms with Crippen LogP contribution in [-0.2, 0) is 0 Å². The van der Waals surface area contributed by atoms with Gasteiger partial charge in [0.15, 0.2) is 5.69 Å². The summed E-state index contributed by atoms with van der Waals surface area (Å²) >= 11 is 0. The van der Waals surface area contributed by atoms with E-state index in [0.29, 0.717) is 5.69 Å². The largest absolute Gasteiger partial charge is 0.477 e. The summed E-state index contributed by atoms with van der Waals surface area (Å²) in [5, 5.41) is 8.94. The van der Waals surface area contributed by atoms with Crippen molar-refractivity contribution in [2.24, 2.45) is 0 Å². The van der Waals surface area contributed by atoms with Gasteiger partial charge in [-0.3, -0.25) is 4.98 Å². The van der Waals surface area contributed by atoms with Gasteiger partial charge in [0.1, 0.15) is 6.33 Å². The van der Waals surface area contributed by atoms with Crippen LogP contribution in [0.25, 0.3) is 23.4 Å². The molecule has 0 aliphatic carbocycles. The van der Waals surface area contributed by atoms with Crippen molar-refractivity contribution < 1.29 is 9.90 Å². The van der Waals surface area contributed by atoms with Gasteiger partial charge >= 0.3 is 5.97 Å². The van der Waals surface area contributed by atoms with E-state index in [0.717, 1.165) is 16.8 Å². The highest BCUT2D eigenvalue weighted by Gasteiger charge is 2.04. The van der Waals surface area contributed by atoms with Crippen LogP contribution in [0.3, 0.4) is 0 Å². The minimum absolute atomic E-state index is 0.0260. The Morgan fingerprint density at radius 2 is 1.87 bits per heavy atom. The number of hydrogen-bond donors (Lipinski definition) is 1. The van der Waals surface area contributed by atoms with Crippen LogP contribution in [0.5, 0.6) is 0 Å². The van der Waals surface area contributed by atoms with Gasteiger partial charge in [0.05, 0.1) is 11.4 Å². The summed E-state index contributed by atoms with van der Waals surface area (Å²) in [5.41, 5.74) is 3.41. The number of hydrogen-bond acceptors (Lipinski definition) is 4. The Morgan fingerprint density at radius 1 is 0.957 bits per heavy atom. The van der Waals surface area contributed by atoms with Crippen LogP contribution in [0.4, 0.5) is 0 Å². The Balaban J connectivity index is 1.86. The number of nitrogens with zero attached hydrogens (tertiary/aromatic N) is 3. The fraction of sp³-hybridized carbons (Fsp3) is 0. The molecule has 5 nitrogen and oxygen atoms in total. The Bertz CT molecular complexity index is 861. The predicted molar refractivity (Wildman–Crippen MR) is 87.6 cm³/mol. The Kier molecular flexibility index (Phi) is 4.20. The van der Waals surface area contributed by atoms with Crippen molar-refractivity contribution in [2.45, 2.75) is 0 Å². The van der Waals surface area contributed by atoms with Crippen molar-refractivity contribution in [3.05, 3.63) is 78.0 Å². The minimum Gasteiger partial charge on any atom is -0.477 e. The van der Waals surface area contributed by atoms with E-state index >= 15 is 0 Å². The third kappa shape index (κ3) is 3.65. The first-order valence-corrected chi connectivity index (χ1v) is 6.97. The van der Waals surface area contributed by atoms with E-state index in [4.69, 9.17) is 5.11 Å². The molecule has 0 radical (unpaired) electrons. The maximum atomic E-state index is 10.9. The van der Waals surface area contributed by atoms with Gasteiger partial charge in [-0.1, -0.05) is 30.3 Å². The number of aromatic nitrogens is 3. The van der Waals surface area contributed by atoms with Crippen LogP contribution in [0.15, 0.2) is 61.1 Å². The second-order valence-corrected chi connectivity index (χ2v) is 4.81. The zero-order chi connectivity index (χ0) is 16.1. The van der Waals surface area contributed by atoms with Gasteiger partial charge in [-0.15, -0.1) is 0 Å². The fourth-order valence-corrected chi connectivity index (χ4v) is 2.10. The maximum Gasteiger partial charge on any atom is 0.354 e. The van der Waals surface area contributed by atoms with Crippen molar-refractivity contribution >= 4 is 18.1 Å². The van der Waals surface area contributed by atoms with Crippen molar-refractivity contribution in [1.82, 2.24) is 15.0 Å². The highest BCUT2D eigenvalue weighted by Crippen LogP contribution is 2.19. The average Bonchev–Trinajstić information content (AvgIpc) is 2.61. The molecule has 3 aromatic rings. The Hall–Kier alpha value is -3.34. The summed E-state index contributed by atoms with van der Waals surface area (Å²) in [6.07, 6.45) is 6.63. The second-order valence-electron chi connectivity index (χ2n) is 4.81. The first-order valence-electron chi connectivity index (χ1n) is 6.97. The molecule has 0 saturated carbocycles. The van der Waals surface area contributed by atoms with E-state index in [1.165, 1.54) is 12.4 Å². The van der Waals surface area contributed by atoms with E-state index in [1.54, 1.807) is 12.3 Å². The van der Waals surface area contributed by atoms with Crippen LogP contribution in [-0.4, -0.2) is 26.0 Å². The summed E-state index contributed by atoms with van der Waals surface area (Å²) in [6, 6.07) is 15.1. The number of rotatable bonds is 4. The number of carboxylic acid groups (broad SMARTS) is 1. The van der Waals surface area contributed by atoms with E-state index < -0.39 is 5.97 Å². The van der Waals surface area contributed by atoms with E-state index in [-0.39, 0.29) is 5.69 Å². The lowest BCUT2D eigenvalue weighted by Crippen LogP contribution is -2.00. The molecule has 112 valence electrons. The van der Waals surface area contributed by atoms with E-state index in [9.17, 15) is 4.79 Å². The third-order valence-corrected chi connectivity index (χ3v) is 3.20. The molecule has 2 heterocycles. The summed E-state index contributed by atoms with van der Waals surface area (Å²) in [5.74, 6) is -1.07. The molecule has 0 bridgehead atoms. The normalized spacial score (nSPS) is 10.8. The number of aromatic carboxylic acids is 1. The molecule has 1 N–H and O–H groups in total. The zero-order valence-electron chi connectivity index (χ0n) is 12.1. The fourth-order valence-electron chi connectivity index (χ4n) is 2.10. The SMILES string of the molecule is O=C(O)c1cc(/C=C/c2cccc(-c3ccccn3)c2)ncn1. The Morgan fingerprint density at radius 3 is 2.65 bits per heavy atom. The number of carboxylic acids is 1. The molecular weight excluding hydrogens is 290 g/mol. The molecular formula is C18H13N3O2. The minimum atomic E-state index is -1.07. The molecule has 1 aromatic carbocycles. The van der Waals surface area contributed by atoms with Crippen LogP contribution in [0.2, 0.25) is 0 Å². The molecule has 0 amide bonds. The molecule has 23 heavy (non-hydrogen) atoms. The lowest BCUT2D eigenvalue weighted by atomic mass is 10.1. The van der Waals surface area contributed by atoms with Gasteiger partial charge in [0, 0.05) is 11.8 Å². The zero-order valence-corrected chi connectivity index (χ0v) is 12.1. The summed E-state index contributed by atoms with van der Waals surface area (Å²) in [4.78, 5) is 23.0. The molecule has 0 unspecified atom stereocenters. The predicted octanol–water partition coefficient (Wildman–Crippen LogP) is 3.41. The van der Waals surface area contributed by atoms with Crippen molar-refractivity contribution in [3.8, 4) is 11.3 Å². The molecule has 0 atom stereocenters. The summed E-state index contributed by atoms with van der Waals surface area (Å²) in [7, 11) is 0. The number of carbonyl (C=O) groups is 1. The topological polar surface area (TPSA) is 76.0 Å². The number of benzene rings is 1. The van der Waals surface area contributed by atoms with Gasteiger partial charge < -0.3 is 5.11 Å². The van der Waals surface area contributed by atoms with Crippen molar-refractivity contribution in [1.29, 1.82) is 0 Å². The second kappa shape index (κ2) is 6.62. The van der Waals surface area contributed by atoms with Gasteiger partial charge in [0.2, 0.25) is 0 Å². The summed E-state index contributed by atoms with van der Waals surface area (Å²) < 4.78 is 0. The highest BCUT2D eigenvalue weighted by molar-refractivity contribution is 5.86. The molecule has 0 spiro atoms. The molecule has 3 rings (SSSR count). The lowest BCUT2D eigenvalue weighted by Gasteiger charge is -2.01. The molecule has 5 heteroatoms. The smallest absolute Gasteiger partial charge is 0.354 e. The first-order chi connectivity index (χ1) is 11.2. The van der Waals surface area contributed by atoms with Gasteiger partial charge in [0.25, 0.3) is 0 Å². The Labute approximate surface area is 133 Å². The van der Waals surface area contributed by atoms with Crippen LogP contribution >= 0.6 is 0 Å². The van der Waals surface area contributed by atoms with Gasteiger partial charge in [-0.05, 0) is 35.9 Å². The van der Waals surface area contributed by atoms with E-state index in [2.05, 4.69) is 15.0 Å². The van der Waals surface area contributed by atoms with Crippen LogP contribution < -0.4 is 0 Å². The van der Waals surface area contributed by atoms with Crippen LogP contribution in [0.1, 0.15) is 21.7 Å². The third-order valence-electron chi connectivity index (χ3n) is 3.20. The van der Waals surface area contributed by atoms with Crippen molar-refractivity contribution in [2.75, 3.05) is 0 Å². The maximum absolute atomic E-state index is 10.9. The highest BCUT2D eigenvalue weighted by atomic mass is 16.4. The molecule has 2 aromatic heterocycles.